The number of hydrogen-bond acceptors (Lipinski definition) is 3. The predicted molar refractivity (Wildman–Crippen MR) is 78.9 cm³/mol. The summed E-state index contributed by atoms with van der Waals surface area (Å²) in [5.74, 6) is -2.02. The van der Waals surface area contributed by atoms with Gasteiger partial charge in [0.05, 0.1) is 15.9 Å². The largest absolute Gasteiger partial charge is 0.319 e. The Morgan fingerprint density at radius 3 is 2.76 bits per heavy atom. The second-order valence-electron chi connectivity index (χ2n) is 4.23. The van der Waals surface area contributed by atoms with Gasteiger partial charge in [-0.25, -0.2) is 13.8 Å². The van der Waals surface area contributed by atoms with Crippen molar-refractivity contribution in [2.75, 3.05) is 5.32 Å². The molecular formula is C14H7ClF2N2OS. The molecule has 2 aromatic carbocycles. The summed E-state index contributed by atoms with van der Waals surface area (Å²) in [5.41, 5.74) is 0.949. The monoisotopic (exact) mass is 324 g/mol. The van der Waals surface area contributed by atoms with Crippen molar-refractivity contribution in [3.8, 4) is 0 Å². The van der Waals surface area contributed by atoms with Crippen LogP contribution in [0, 0.1) is 11.6 Å². The van der Waals surface area contributed by atoms with Crippen molar-refractivity contribution in [1.29, 1.82) is 0 Å². The van der Waals surface area contributed by atoms with E-state index in [0.717, 1.165) is 10.8 Å². The fraction of sp³-hybridized carbons (Fsp3) is 0. The summed E-state index contributed by atoms with van der Waals surface area (Å²) in [5, 5.41) is 2.40. The molecule has 0 bridgehead atoms. The smallest absolute Gasteiger partial charge is 0.255 e. The van der Waals surface area contributed by atoms with E-state index >= 15 is 0 Å². The highest BCUT2D eigenvalue weighted by molar-refractivity contribution is 7.22. The summed E-state index contributed by atoms with van der Waals surface area (Å²) in [6, 6.07) is 7.80. The van der Waals surface area contributed by atoms with Crippen LogP contribution in [0.25, 0.3) is 10.2 Å². The summed E-state index contributed by atoms with van der Waals surface area (Å²) in [4.78, 5) is 16.2. The molecule has 0 spiro atoms. The van der Waals surface area contributed by atoms with Crippen LogP contribution >= 0.6 is 22.9 Å². The number of benzene rings is 2. The maximum atomic E-state index is 13.5. The normalized spacial score (nSPS) is 10.8. The SMILES string of the molecule is O=C(Nc1ccc(F)cc1F)c1ccc2nc(Cl)sc2c1. The Hall–Kier alpha value is -2.05. The lowest BCUT2D eigenvalue weighted by Gasteiger charge is -2.06. The van der Waals surface area contributed by atoms with Crippen LogP contribution in [0.5, 0.6) is 0 Å². The fourth-order valence-electron chi connectivity index (χ4n) is 1.82. The first kappa shape index (κ1) is 13.9. The molecule has 0 fully saturated rings. The standard InChI is InChI=1S/C14H7ClF2N2OS/c15-14-19-11-3-1-7(5-12(11)21-14)13(20)18-10-4-2-8(16)6-9(10)17/h1-6H,(H,18,20). The Morgan fingerprint density at radius 1 is 1.19 bits per heavy atom. The molecule has 0 aliphatic heterocycles. The topological polar surface area (TPSA) is 42.0 Å². The van der Waals surface area contributed by atoms with Gasteiger partial charge < -0.3 is 5.32 Å². The van der Waals surface area contributed by atoms with Crippen LogP contribution in [0.3, 0.4) is 0 Å². The number of thiazole rings is 1. The zero-order chi connectivity index (χ0) is 15.0. The summed E-state index contributed by atoms with van der Waals surface area (Å²) in [6.45, 7) is 0. The molecule has 3 aromatic rings. The van der Waals surface area contributed by atoms with E-state index in [1.165, 1.54) is 17.4 Å². The van der Waals surface area contributed by atoms with Gasteiger partial charge in [-0.2, -0.15) is 0 Å². The van der Waals surface area contributed by atoms with E-state index in [1.807, 2.05) is 0 Å². The molecule has 1 heterocycles. The van der Waals surface area contributed by atoms with Gasteiger partial charge in [0.1, 0.15) is 11.6 Å². The van der Waals surface area contributed by atoms with Crippen molar-refractivity contribution in [2.45, 2.75) is 0 Å². The molecule has 0 saturated carbocycles. The number of hydrogen-bond donors (Lipinski definition) is 1. The van der Waals surface area contributed by atoms with Crippen molar-refractivity contribution >= 4 is 44.7 Å². The van der Waals surface area contributed by atoms with Gasteiger partial charge in [0.15, 0.2) is 4.47 Å². The van der Waals surface area contributed by atoms with Crippen LogP contribution in [-0.2, 0) is 0 Å². The number of anilines is 1. The van der Waals surface area contributed by atoms with Gasteiger partial charge in [-0.1, -0.05) is 11.6 Å². The molecule has 106 valence electrons. The van der Waals surface area contributed by atoms with Crippen molar-refractivity contribution in [1.82, 2.24) is 4.98 Å². The summed E-state index contributed by atoms with van der Waals surface area (Å²) in [6.07, 6.45) is 0. The number of carbonyl (C=O) groups excluding carboxylic acids is 1. The number of rotatable bonds is 2. The lowest BCUT2D eigenvalue weighted by atomic mass is 10.2. The van der Waals surface area contributed by atoms with E-state index in [9.17, 15) is 13.6 Å². The van der Waals surface area contributed by atoms with Gasteiger partial charge in [0.2, 0.25) is 0 Å². The average molecular weight is 325 g/mol. The third-order valence-corrected chi connectivity index (χ3v) is 3.93. The van der Waals surface area contributed by atoms with Crippen LogP contribution in [-0.4, -0.2) is 10.9 Å². The molecule has 1 N–H and O–H groups in total. The predicted octanol–water partition coefficient (Wildman–Crippen LogP) is 4.48. The summed E-state index contributed by atoms with van der Waals surface area (Å²) < 4.78 is 27.5. The second-order valence-corrected chi connectivity index (χ2v) is 5.84. The van der Waals surface area contributed by atoms with Crippen LogP contribution in [0.1, 0.15) is 10.4 Å². The molecule has 0 unspecified atom stereocenters. The second kappa shape index (κ2) is 5.38. The maximum Gasteiger partial charge on any atom is 0.255 e. The van der Waals surface area contributed by atoms with Gasteiger partial charge in [0.25, 0.3) is 5.91 Å². The molecule has 0 aliphatic carbocycles. The third kappa shape index (κ3) is 2.86. The van der Waals surface area contributed by atoms with E-state index < -0.39 is 17.5 Å². The minimum Gasteiger partial charge on any atom is -0.319 e. The maximum absolute atomic E-state index is 13.5. The van der Waals surface area contributed by atoms with E-state index in [4.69, 9.17) is 11.6 Å². The van der Waals surface area contributed by atoms with Gasteiger partial charge in [-0.15, -0.1) is 11.3 Å². The summed E-state index contributed by atoms with van der Waals surface area (Å²) >= 11 is 7.05. The van der Waals surface area contributed by atoms with E-state index in [0.29, 0.717) is 21.6 Å². The average Bonchev–Trinajstić information content (AvgIpc) is 2.80. The molecule has 0 saturated heterocycles. The first-order chi connectivity index (χ1) is 10.0. The van der Waals surface area contributed by atoms with E-state index in [-0.39, 0.29) is 5.69 Å². The molecule has 3 rings (SSSR count). The van der Waals surface area contributed by atoms with Crippen molar-refractivity contribution in [3.05, 3.63) is 58.1 Å². The quantitative estimate of drug-likeness (QED) is 0.755. The van der Waals surface area contributed by atoms with E-state index in [2.05, 4.69) is 10.3 Å². The number of aromatic nitrogens is 1. The highest BCUT2D eigenvalue weighted by Gasteiger charge is 2.12. The Kier molecular flexibility index (Phi) is 3.57. The molecule has 3 nitrogen and oxygen atoms in total. The molecule has 21 heavy (non-hydrogen) atoms. The number of halogens is 3. The van der Waals surface area contributed by atoms with Crippen LogP contribution in [0.2, 0.25) is 4.47 Å². The number of fused-ring (bicyclic) bond motifs is 1. The van der Waals surface area contributed by atoms with Crippen LogP contribution in [0.4, 0.5) is 14.5 Å². The van der Waals surface area contributed by atoms with Crippen molar-refractivity contribution in [2.24, 2.45) is 0 Å². The lowest BCUT2D eigenvalue weighted by Crippen LogP contribution is -2.12. The Balaban J connectivity index is 1.89. The minimum absolute atomic E-state index is 0.0798. The fourth-order valence-corrected chi connectivity index (χ4v) is 2.89. The van der Waals surface area contributed by atoms with Crippen molar-refractivity contribution in [3.63, 3.8) is 0 Å². The summed E-state index contributed by atoms with van der Waals surface area (Å²) in [7, 11) is 0. The number of carbonyl (C=O) groups is 1. The molecular weight excluding hydrogens is 318 g/mol. The van der Waals surface area contributed by atoms with Gasteiger partial charge in [-0.05, 0) is 30.3 Å². The Bertz CT molecular complexity index is 850. The minimum atomic E-state index is -0.828. The number of nitrogens with one attached hydrogen (secondary N) is 1. The van der Waals surface area contributed by atoms with Crippen molar-refractivity contribution < 1.29 is 13.6 Å². The number of amides is 1. The molecule has 1 amide bonds. The molecule has 7 heteroatoms. The van der Waals surface area contributed by atoms with Gasteiger partial charge in [-0.3, -0.25) is 4.79 Å². The molecule has 0 aliphatic rings. The lowest BCUT2D eigenvalue weighted by molar-refractivity contribution is 0.102. The highest BCUT2D eigenvalue weighted by atomic mass is 35.5. The van der Waals surface area contributed by atoms with E-state index in [1.54, 1.807) is 18.2 Å². The zero-order valence-electron chi connectivity index (χ0n) is 10.4. The van der Waals surface area contributed by atoms with Gasteiger partial charge >= 0.3 is 0 Å². The zero-order valence-corrected chi connectivity index (χ0v) is 11.9. The first-order valence-corrected chi connectivity index (χ1v) is 7.05. The third-order valence-electron chi connectivity index (χ3n) is 2.80. The molecule has 0 radical (unpaired) electrons. The van der Waals surface area contributed by atoms with Crippen LogP contribution < -0.4 is 5.32 Å². The molecule has 1 aromatic heterocycles. The van der Waals surface area contributed by atoms with Crippen LogP contribution in [0.15, 0.2) is 36.4 Å². The Labute approximate surface area is 127 Å². The number of nitrogens with zero attached hydrogens (tertiary/aromatic N) is 1. The first-order valence-electron chi connectivity index (χ1n) is 5.85. The molecule has 0 atom stereocenters. The Morgan fingerprint density at radius 2 is 2.00 bits per heavy atom. The highest BCUT2D eigenvalue weighted by Crippen LogP contribution is 2.26. The van der Waals surface area contributed by atoms with Gasteiger partial charge in [0, 0.05) is 11.6 Å².